The van der Waals surface area contributed by atoms with Crippen LogP contribution >= 0.6 is 11.3 Å². The number of sulfonamides is 1. The maximum atomic E-state index is 13.7. The molecule has 188 valence electrons. The van der Waals surface area contributed by atoms with Crippen LogP contribution in [-0.2, 0) is 21.4 Å². The van der Waals surface area contributed by atoms with Gasteiger partial charge in [0, 0.05) is 44.1 Å². The Kier molecular flexibility index (Phi) is 7.47. The van der Waals surface area contributed by atoms with Crippen molar-refractivity contribution in [2.24, 2.45) is 11.8 Å². The number of nitrogens with zero attached hydrogens (tertiary/aromatic N) is 5. The molecule has 2 atom stereocenters. The molecule has 2 aliphatic rings. The standard InChI is InChI=1S/C23H35N5O4S2/c1-5-6-25-7-9-26(10-8-25)19(29)14-27-15-24-22-20(23(27)30)21(18(4)33-22)34(31,32)28-12-16(2)11-17(3)13-28/h15-17H,5-14H2,1-4H3/t16-,17-/m0/s1. The van der Waals surface area contributed by atoms with E-state index in [4.69, 9.17) is 0 Å². The molecule has 4 rings (SSSR count). The van der Waals surface area contributed by atoms with Crippen molar-refractivity contribution >= 4 is 37.5 Å². The van der Waals surface area contributed by atoms with Crippen LogP contribution in [0.3, 0.4) is 0 Å². The Bertz CT molecular complexity index is 1200. The molecule has 0 aromatic carbocycles. The first kappa shape index (κ1) is 25.3. The molecule has 0 saturated carbocycles. The maximum absolute atomic E-state index is 13.7. The van der Waals surface area contributed by atoms with Crippen LogP contribution in [0.5, 0.6) is 0 Å². The average Bonchev–Trinajstić information content (AvgIpc) is 3.13. The highest BCUT2D eigenvalue weighted by Crippen LogP contribution is 2.35. The van der Waals surface area contributed by atoms with E-state index in [-0.39, 0.29) is 34.6 Å². The third-order valence-corrected chi connectivity index (χ3v) is 9.95. The van der Waals surface area contributed by atoms with Crippen LogP contribution < -0.4 is 5.56 Å². The molecule has 2 fully saturated rings. The average molecular weight is 510 g/mol. The molecule has 0 spiro atoms. The number of piperidine rings is 1. The first-order valence-electron chi connectivity index (χ1n) is 12.1. The van der Waals surface area contributed by atoms with Crippen LogP contribution in [0.4, 0.5) is 0 Å². The van der Waals surface area contributed by atoms with Crippen molar-refractivity contribution in [3.05, 3.63) is 21.6 Å². The van der Waals surface area contributed by atoms with Gasteiger partial charge in [-0.25, -0.2) is 13.4 Å². The van der Waals surface area contributed by atoms with Gasteiger partial charge in [0.15, 0.2) is 0 Å². The van der Waals surface area contributed by atoms with Crippen molar-refractivity contribution < 1.29 is 13.2 Å². The Morgan fingerprint density at radius 2 is 1.79 bits per heavy atom. The van der Waals surface area contributed by atoms with Crippen molar-refractivity contribution in [1.82, 2.24) is 23.7 Å². The second kappa shape index (κ2) is 10.0. The zero-order valence-electron chi connectivity index (χ0n) is 20.5. The number of aromatic nitrogens is 2. The zero-order chi connectivity index (χ0) is 24.6. The highest BCUT2D eigenvalue weighted by atomic mass is 32.2. The van der Waals surface area contributed by atoms with E-state index < -0.39 is 15.6 Å². The van der Waals surface area contributed by atoms with E-state index in [2.05, 4.69) is 30.7 Å². The second-order valence-electron chi connectivity index (χ2n) is 9.84. The van der Waals surface area contributed by atoms with Crippen LogP contribution in [0.15, 0.2) is 16.0 Å². The summed E-state index contributed by atoms with van der Waals surface area (Å²) in [5.74, 6) is 0.372. The predicted molar refractivity (Wildman–Crippen MR) is 134 cm³/mol. The quantitative estimate of drug-likeness (QED) is 0.591. The molecule has 34 heavy (non-hydrogen) atoms. The molecular formula is C23H35N5O4S2. The monoisotopic (exact) mass is 509 g/mol. The van der Waals surface area contributed by atoms with E-state index in [9.17, 15) is 18.0 Å². The number of hydrogen-bond donors (Lipinski definition) is 0. The lowest BCUT2D eigenvalue weighted by atomic mass is 9.94. The normalized spacial score (nSPS) is 23.0. The smallest absolute Gasteiger partial charge is 0.263 e. The molecule has 9 nitrogen and oxygen atoms in total. The van der Waals surface area contributed by atoms with Crippen molar-refractivity contribution in [2.75, 3.05) is 45.8 Å². The summed E-state index contributed by atoms with van der Waals surface area (Å²) in [7, 11) is -3.85. The van der Waals surface area contributed by atoms with Gasteiger partial charge in [-0.3, -0.25) is 19.1 Å². The van der Waals surface area contributed by atoms with E-state index in [1.165, 1.54) is 26.5 Å². The molecule has 2 aliphatic heterocycles. The van der Waals surface area contributed by atoms with Gasteiger partial charge in [-0.1, -0.05) is 20.8 Å². The predicted octanol–water partition coefficient (Wildman–Crippen LogP) is 1.99. The Balaban J connectivity index is 1.62. The summed E-state index contributed by atoms with van der Waals surface area (Å²) < 4.78 is 30.1. The molecule has 1 amide bonds. The van der Waals surface area contributed by atoms with Crippen LogP contribution in [0.25, 0.3) is 10.2 Å². The van der Waals surface area contributed by atoms with Crippen LogP contribution in [-0.4, -0.2) is 83.8 Å². The highest BCUT2D eigenvalue weighted by Gasteiger charge is 2.36. The van der Waals surface area contributed by atoms with Gasteiger partial charge in [0.2, 0.25) is 15.9 Å². The highest BCUT2D eigenvalue weighted by molar-refractivity contribution is 7.89. The number of piperazine rings is 1. The van der Waals surface area contributed by atoms with Crippen molar-refractivity contribution in [3.8, 4) is 0 Å². The van der Waals surface area contributed by atoms with Gasteiger partial charge in [-0.15, -0.1) is 11.3 Å². The Labute approximate surface area is 205 Å². The fraction of sp³-hybridized carbons (Fsp3) is 0.696. The molecule has 2 saturated heterocycles. The summed E-state index contributed by atoms with van der Waals surface area (Å²) in [6, 6.07) is 0. The topological polar surface area (TPSA) is 95.8 Å². The Morgan fingerprint density at radius 1 is 1.15 bits per heavy atom. The molecule has 0 aliphatic carbocycles. The summed E-state index contributed by atoms with van der Waals surface area (Å²) in [4.78, 5) is 35.9. The number of fused-ring (bicyclic) bond motifs is 1. The molecule has 4 heterocycles. The van der Waals surface area contributed by atoms with E-state index in [0.29, 0.717) is 35.9 Å². The van der Waals surface area contributed by atoms with Gasteiger partial charge in [0.05, 0.1) is 11.7 Å². The minimum atomic E-state index is -3.85. The number of aryl methyl sites for hydroxylation is 1. The van der Waals surface area contributed by atoms with E-state index in [1.54, 1.807) is 11.8 Å². The number of rotatable bonds is 6. The third-order valence-electron chi connectivity index (χ3n) is 6.80. The molecule has 0 bridgehead atoms. The molecule has 0 unspecified atom stereocenters. The largest absolute Gasteiger partial charge is 0.339 e. The van der Waals surface area contributed by atoms with Gasteiger partial charge in [0.1, 0.15) is 16.3 Å². The summed E-state index contributed by atoms with van der Waals surface area (Å²) in [5, 5.41) is 0.108. The number of carbonyl (C=O) groups is 1. The maximum Gasteiger partial charge on any atom is 0.263 e. The Hall–Kier alpha value is -1.82. The van der Waals surface area contributed by atoms with Crippen LogP contribution in [0, 0.1) is 18.8 Å². The zero-order valence-corrected chi connectivity index (χ0v) is 22.1. The number of amides is 1. The molecule has 11 heteroatoms. The SMILES string of the molecule is CCCN1CCN(C(=O)Cn2cnc3sc(C)c(S(=O)(=O)N4C[C@@H](C)C[C@H](C)C4)c3c2=O)CC1. The first-order valence-corrected chi connectivity index (χ1v) is 14.4. The lowest BCUT2D eigenvalue weighted by molar-refractivity contribution is -0.133. The van der Waals surface area contributed by atoms with Crippen molar-refractivity contribution in [2.45, 2.75) is 52.0 Å². The second-order valence-corrected chi connectivity index (χ2v) is 12.9. The van der Waals surface area contributed by atoms with Crippen LogP contribution in [0.1, 0.15) is 38.5 Å². The fourth-order valence-corrected chi connectivity index (χ4v) is 8.60. The molecule has 2 aromatic rings. The Morgan fingerprint density at radius 3 is 2.41 bits per heavy atom. The van der Waals surface area contributed by atoms with Gasteiger partial charge in [-0.05, 0) is 38.1 Å². The molecular weight excluding hydrogens is 474 g/mol. The number of hydrogen-bond acceptors (Lipinski definition) is 7. The number of carbonyl (C=O) groups excluding carboxylic acids is 1. The fourth-order valence-electron chi connectivity index (χ4n) is 5.25. The lowest BCUT2D eigenvalue weighted by Crippen LogP contribution is -2.50. The summed E-state index contributed by atoms with van der Waals surface area (Å²) in [6.07, 6.45) is 3.43. The van der Waals surface area contributed by atoms with E-state index in [1.807, 2.05) is 0 Å². The van der Waals surface area contributed by atoms with E-state index in [0.717, 1.165) is 32.5 Å². The van der Waals surface area contributed by atoms with Gasteiger partial charge in [-0.2, -0.15) is 4.31 Å². The number of thiophene rings is 1. The van der Waals surface area contributed by atoms with Crippen LogP contribution in [0.2, 0.25) is 0 Å². The molecule has 2 aromatic heterocycles. The summed E-state index contributed by atoms with van der Waals surface area (Å²) >= 11 is 1.21. The minimum Gasteiger partial charge on any atom is -0.339 e. The van der Waals surface area contributed by atoms with Gasteiger partial charge in [0.25, 0.3) is 5.56 Å². The lowest BCUT2D eigenvalue weighted by Gasteiger charge is -2.34. The minimum absolute atomic E-state index is 0.0567. The van der Waals surface area contributed by atoms with Crippen molar-refractivity contribution in [3.63, 3.8) is 0 Å². The summed E-state index contributed by atoms with van der Waals surface area (Å²) in [5.41, 5.74) is -0.469. The third kappa shape index (κ3) is 4.93. The first-order chi connectivity index (χ1) is 16.1. The molecule has 0 radical (unpaired) electrons. The van der Waals surface area contributed by atoms with Crippen molar-refractivity contribution in [1.29, 1.82) is 0 Å². The van der Waals surface area contributed by atoms with Gasteiger partial charge < -0.3 is 4.90 Å². The van der Waals surface area contributed by atoms with Gasteiger partial charge >= 0.3 is 0 Å². The van der Waals surface area contributed by atoms with E-state index >= 15 is 0 Å². The molecule has 0 N–H and O–H groups in total. The summed E-state index contributed by atoms with van der Waals surface area (Å²) in [6.45, 7) is 12.7.